The number of hydrogen-bond acceptors (Lipinski definition) is 4. The number of likely N-dealkylation sites (N-methyl/N-ethyl adjacent to an activating group) is 1. The van der Waals surface area contributed by atoms with Crippen LogP contribution in [0, 0.1) is 5.95 Å². The zero-order valence-corrected chi connectivity index (χ0v) is 10.1. The van der Waals surface area contributed by atoms with E-state index in [0.29, 0.717) is 25.0 Å². The number of aromatic nitrogens is 1. The zero-order valence-electron chi connectivity index (χ0n) is 10.1. The molecule has 1 saturated heterocycles. The Morgan fingerprint density at radius 1 is 1.53 bits per heavy atom. The normalized spacial score (nSPS) is 19.8. The summed E-state index contributed by atoms with van der Waals surface area (Å²) in [5.74, 6) is 0.0991. The van der Waals surface area contributed by atoms with E-state index < -0.39 is 5.95 Å². The van der Waals surface area contributed by atoms with Crippen LogP contribution in [0.1, 0.15) is 13.3 Å². The first-order valence-electron chi connectivity index (χ1n) is 5.82. The van der Waals surface area contributed by atoms with Crippen LogP contribution in [0.5, 0.6) is 11.5 Å². The quantitative estimate of drug-likeness (QED) is 0.734. The lowest BCUT2D eigenvalue weighted by Crippen LogP contribution is -2.48. The van der Waals surface area contributed by atoms with E-state index in [4.69, 9.17) is 9.47 Å². The van der Waals surface area contributed by atoms with Crippen LogP contribution in [0.25, 0.3) is 0 Å². The lowest BCUT2D eigenvalue weighted by atomic mass is 10.1. The fraction of sp³-hybridized carbons (Fsp3) is 0.583. The van der Waals surface area contributed by atoms with Crippen molar-refractivity contribution < 1.29 is 13.9 Å². The van der Waals surface area contributed by atoms with Gasteiger partial charge >= 0.3 is 0 Å². The molecule has 0 bridgehead atoms. The number of halogens is 1. The molecule has 1 fully saturated rings. The SMILES string of the molecule is CCOc1cc(OC[C@H]2CCN2C)cnc1F. The van der Waals surface area contributed by atoms with Crippen molar-refractivity contribution in [2.75, 3.05) is 26.8 Å². The Labute approximate surface area is 100 Å². The number of pyridine rings is 1. The van der Waals surface area contributed by atoms with Crippen molar-refractivity contribution in [1.82, 2.24) is 9.88 Å². The molecule has 5 heteroatoms. The molecule has 1 atom stereocenters. The second-order valence-electron chi connectivity index (χ2n) is 4.13. The van der Waals surface area contributed by atoms with Crippen molar-refractivity contribution in [3.8, 4) is 11.5 Å². The van der Waals surface area contributed by atoms with Crippen molar-refractivity contribution in [1.29, 1.82) is 0 Å². The minimum absolute atomic E-state index is 0.145. The molecule has 1 aromatic rings. The molecule has 0 radical (unpaired) electrons. The number of likely N-dealkylation sites (tertiary alicyclic amines) is 1. The summed E-state index contributed by atoms with van der Waals surface area (Å²) in [5.41, 5.74) is 0. The zero-order chi connectivity index (χ0) is 12.3. The Kier molecular flexibility index (Phi) is 3.78. The van der Waals surface area contributed by atoms with Crippen molar-refractivity contribution >= 4 is 0 Å². The summed E-state index contributed by atoms with van der Waals surface area (Å²) in [5, 5.41) is 0. The average Bonchev–Trinajstić information content (AvgIpc) is 2.32. The molecule has 0 unspecified atom stereocenters. The van der Waals surface area contributed by atoms with Gasteiger partial charge in [-0.1, -0.05) is 0 Å². The largest absolute Gasteiger partial charge is 0.490 e. The van der Waals surface area contributed by atoms with Gasteiger partial charge in [-0.2, -0.15) is 4.39 Å². The predicted octanol–water partition coefficient (Wildman–Crippen LogP) is 1.70. The topological polar surface area (TPSA) is 34.6 Å². The summed E-state index contributed by atoms with van der Waals surface area (Å²) < 4.78 is 23.9. The Bertz CT molecular complexity index is 387. The van der Waals surface area contributed by atoms with Gasteiger partial charge in [-0.3, -0.25) is 4.90 Å². The molecule has 0 amide bonds. The third-order valence-electron chi connectivity index (χ3n) is 2.96. The average molecular weight is 240 g/mol. The van der Waals surface area contributed by atoms with Gasteiger partial charge in [0.05, 0.1) is 12.8 Å². The van der Waals surface area contributed by atoms with E-state index in [9.17, 15) is 4.39 Å². The molecule has 2 heterocycles. The molecule has 0 N–H and O–H groups in total. The molecule has 17 heavy (non-hydrogen) atoms. The van der Waals surface area contributed by atoms with Crippen molar-refractivity contribution in [2.24, 2.45) is 0 Å². The van der Waals surface area contributed by atoms with E-state index in [2.05, 4.69) is 16.9 Å². The van der Waals surface area contributed by atoms with E-state index in [1.54, 1.807) is 13.0 Å². The van der Waals surface area contributed by atoms with Gasteiger partial charge in [-0.05, 0) is 26.9 Å². The fourth-order valence-electron chi connectivity index (χ4n) is 1.72. The van der Waals surface area contributed by atoms with Crippen molar-refractivity contribution in [3.05, 3.63) is 18.2 Å². The molecule has 1 aliphatic rings. The molecule has 0 aliphatic carbocycles. The van der Waals surface area contributed by atoms with Gasteiger partial charge < -0.3 is 9.47 Å². The Morgan fingerprint density at radius 2 is 2.35 bits per heavy atom. The molecular formula is C12H17FN2O2. The molecule has 2 rings (SSSR count). The number of hydrogen-bond donors (Lipinski definition) is 0. The Hall–Kier alpha value is -1.36. The van der Waals surface area contributed by atoms with Crippen LogP contribution in [0.3, 0.4) is 0 Å². The highest BCUT2D eigenvalue weighted by atomic mass is 19.1. The van der Waals surface area contributed by atoms with Crippen molar-refractivity contribution in [2.45, 2.75) is 19.4 Å². The third kappa shape index (κ3) is 2.85. The molecule has 1 aromatic heterocycles. The van der Waals surface area contributed by atoms with Crippen LogP contribution in [0.15, 0.2) is 12.3 Å². The smallest absolute Gasteiger partial charge is 0.255 e. The highest BCUT2D eigenvalue weighted by molar-refractivity contribution is 5.29. The van der Waals surface area contributed by atoms with E-state index >= 15 is 0 Å². The molecule has 0 spiro atoms. The van der Waals surface area contributed by atoms with E-state index in [-0.39, 0.29) is 5.75 Å². The van der Waals surface area contributed by atoms with Gasteiger partial charge in [-0.15, -0.1) is 0 Å². The molecule has 0 saturated carbocycles. The lowest BCUT2D eigenvalue weighted by Gasteiger charge is -2.37. The van der Waals surface area contributed by atoms with Crippen LogP contribution in [0.2, 0.25) is 0 Å². The van der Waals surface area contributed by atoms with Crippen molar-refractivity contribution in [3.63, 3.8) is 0 Å². The summed E-state index contributed by atoms with van der Waals surface area (Å²) in [4.78, 5) is 5.83. The Balaban J connectivity index is 1.93. The number of ether oxygens (including phenoxy) is 2. The number of nitrogens with zero attached hydrogens (tertiary/aromatic N) is 2. The van der Waals surface area contributed by atoms with Gasteiger partial charge in [0, 0.05) is 12.1 Å². The predicted molar refractivity (Wildman–Crippen MR) is 61.9 cm³/mol. The minimum atomic E-state index is -0.597. The summed E-state index contributed by atoms with van der Waals surface area (Å²) in [6.45, 7) is 3.93. The number of rotatable bonds is 5. The monoisotopic (exact) mass is 240 g/mol. The van der Waals surface area contributed by atoms with Gasteiger partial charge in [-0.25, -0.2) is 4.98 Å². The van der Waals surface area contributed by atoms with Crippen LogP contribution in [0.4, 0.5) is 4.39 Å². The summed E-state index contributed by atoms with van der Waals surface area (Å²) in [6.07, 6.45) is 2.53. The minimum Gasteiger partial charge on any atom is -0.490 e. The molecule has 94 valence electrons. The summed E-state index contributed by atoms with van der Waals surface area (Å²) in [6, 6.07) is 2.00. The second-order valence-corrected chi connectivity index (χ2v) is 4.13. The second kappa shape index (κ2) is 5.31. The molecule has 1 aliphatic heterocycles. The van der Waals surface area contributed by atoms with Gasteiger partial charge in [0.15, 0.2) is 5.75 Å². The first-order chi connectivity index (χ1) is 8.20. The highest BCUT2D eigenvalue weighted by Gasteiger charge is 2.24. The maximum Gasteiger partial charge on any atom is 0.255 e. The van der Waals surface area contributed by atoms with E-state index in [1.807, 2.05) is 0 Å². The maximum atomic E-state index is 13.2. The van der Waals surface area contributed by atoms with Crippen LogP contribution < -0.4 is 9.47 Å². The molecule has 4 nitrogen and oxygen atoms in total. The van der Waals surface area contributed by atoms with Crippen LogP contribution >= 0.6 is 0 Å². The molecule has 0 aromatic carbocycles. The van der Waals surface area contributed by atoms with Gasteiger partial charge in [0.1, 0.15) is 12.4 Å². The van der Waals surface area contributed by atoms with E-state index in [0.717, 1.165) is 13.0 Å². The first kappa shape index (κ1) is 12.1. The first-order valence-corrected chi connectivity index (χ1v) is 5.82. The summed E-state index contributed by atoms with van der Waals surface area (Å²) in [7, 11) is 2.06. The van der Waals surface area contributed by atoms with Crippen LogP contribution in [-0.4, -0.2) is 42.7 Å². The van der Waals surface area contributed by atoms with E-state index in [1.165, 1.54) is 6.20 Å². The molecular weight excluding hydrogens is 223 g/mol. The lowest BCUT2D eigenvalue weighted by molar-refractivity contribution is 0.0765. The fourth-order valence-corrected chi connectivity index (χ4v) is 1.72. The highest BCUT2D eigenvalue weighted by Crippen LogP contribution is 2.22. The van der Waals surface area contributed by atoms with Gasteiger partial charge in [0.2, 0.25) is 0 Å². The maximum absolute atomic E-state index is 13.2. The Morgan fingerprint density at radius 3 is 2.94 bits per heavy atom. The third-order valence-corrected chi connectivity index (χ3v) is 2.96. The van der Waals surface area contributed by atoms with Gasteiger partial charge in [0.25, 0.3) is 5.95 Å². The summed E-state index contributed by atoms with van der Waals surface area (Å²) >= 11 is 0. The standard InChI is InChI=1S/C12H17FN2O2/c1-3-16-11-6-10(7-14-12(11)13)17-8-9-4-5-15(9)2/h6-7,9H,3-5,8H2,1-2H3/t9-/m1/s1. The van der Waals surface area contributed by atoms with Crippen LogP contribution in [-0.2, 0) is 0 Å².